The van der Waals surface area contributed by atoms with Crippen LogP contribution in [0.15, 0.2) is 77.7 Å². The maximum Gasteiger partial charge on any atom is 0.264 e. The smallest absolute Gasteiger partial charge is 0.264 e. The summed E-state index contributed by atoms with van der Waals surface area (Å²) in [5, 5.41) is 0.549. The second-order valence-corrected chi connectivity index (χ2v) is 9.92. The maximum absolute atomic E-state index is 13.4. The van der Waals surface area contributed by atoms with Crippen LogP contribution in [0.1, 0.15) is 11.1 Å². The van der Waals surface area contributed by atoms with E-state index in [1.165, 1.54) is 35.2 Å². The molecule has 0 aliphatic carbocycles. The van der Waals surface area contributed by atoms with Crippen molar-refractivity contribution >= 4 is 44.8 Å². The van der Waals surface area contributed by atoms with Crippen molar-refractivity contribution < 1.29 is 13.2 Å². The van der Waals surface area contributed by atoms with Crippen LogP contribution in [0.5, 0.6) is 0 Å². The van der Waals surface area contributed by atoms with Gasteiger partial charge in [-0.15, -0.1) is 0 Å². The molecule has 8 heteroatoms. The van der Waals surface area contributed by atoms with Crippen molar-refractivity contribution in [2.75, 3.05) is 17.9 Å². The van der Waals surface area contributed by atoms with Crippen LogP contribution in [0.2, 0.25) is 10.0 Å². The summed E-state index contributed by atoms with van der Waals surface area (Å²) in [7, 11) is -2.39. The summed E-state index contributed by atoms with van der Waals surface area (Å²) in [6.45, 7) is 1.95. The minimum atomic E-state index is -4.03. The third kappa shape index (κ3) is 5.79. The summed E-state index contributed by atoms with van der Waals surface area (Å²) in [5.41, 5.74) is 2.29. The largest absolute Gasteiger partial charge is 0.340 e. The molecule has 0 aliphatic heterocycles. The summed E-state index contributed by atoms with van der Waals surface area (Å²) in [5.74, 6) is -0.365. The third-order valence-electron chi connectivity index (χ3n) is 4.71. The van der Waals surface area contributed by atoms with Crippen molar-refractivity contribution in [3.05, 3.63) is 94.0 Å². The first kappa shape index (κ1) is 23.1. The van der Waals surface area contributed by atoms with E-state index in [1.807, 2.05) is 31.2 Å². The average Bonchev–Trinajstić information content (AvgIpc) is 2.73. The standard InChI is InChI=1S/C23H22Cl2N2O3S/c1-17-8-10-18(11-9-17)15-26(2)23(28)16-27(21-13-19(24)12-20(25)14-21)31(29,30)22-6-4-3-5-7-22/h3-14H,15-16H2,1-2H3. The number of hydrogen-bond acceptors (Lipinski definition) is 3. The van der Waals surface area contributed by atoms with Crippen LogP contribution in [0.25, 0.3) is 0 Å². The van der Waals surface area contributed by atoms with Gasteiger partial charge in [0.05, 0.1) is 10.6 Å². The first-order valence-corrected chi connectivity index (χ1v) is 11.7. The number of likely N-dealkylation sites (N-methyl/N-ethyl adjacent to an activating group) is 1. The number of anilines is 1. The minimum Gasteiger partial charge on any atom is -0.340 e. The number of carbonyl (C=O) groups is 1. The van der Waals surface area contributed by atoms with Crippen LogP contribution in [0.3, 0.4) is 0 Å². The lowest BCUT2D eigenvalue weighted by molar-refractivity contribution is -0.128. The molecule has 3 aromatic rings. The van der Waals surface area contributed by atoms with E-state index in [4.69, 9.17) is 23.2 Å². The van der Waals surface area contributed by atoms with E-state index >= 15 is 0 Å². The Morgan fingerprint density at radius 2 is 1.48 bits per heavy atom. The number of aryl methyl sites for hydroxylation is 1. The number of hydrogen-bond donors (Lipinski definition) is 0. The highest BCUT2D eigenvalue weighted by atomic mass is 35.5. The molecule has 0 spiro atoms. The van der Waals surface area contributed by atoms with Crippen LogP contribution in [0.4, 0.5) is 5.69 Å². The monoisotopic (exact) mass is 476 g/mol. The Kier molecular flexibility index (Phi) is 7.26. The molecule has 0 fully saturated rings. The van der Waals surface area contributed by atoms with E-state index in [2.05, 4.69) is 0 Å². The van der Waals surface area contributed by atoms with Crippen LogP contribution in [0, 0.1) is 6.92 Å². The topological polar surface area (TPSA) is 57.7 Å². The lowest BCUT2D eigenvalue weighted by Gasteiger charge is -2.27. The summed E-state index contributed by atoms with van der Waals surface area (Å²) >= 11 is 12.2. The van der Waals surface area contributed by atoms with E-state index in [0.717, 1.165) is 15.4 Å². The van der Waals surface area contributed by atoms with Crippen LogP contribution in [-0.4, -0.2) is 32.8 Å². The van der Waals surface area contributed by atoms with Gasteiger partial charge >= 0.3 is 0 Å². The van der Waals surface area contributed by atoms with Crippen molar-refractivity contribution in [2.45, 2.75) is 18.4 Å². The van der Waals surface area contributed by atoms with Gasteiger partial charge in [0.2, 0.25) is 5.91 Å². The molecule has 0 radical (unpaired) electrons. The Bertz CT molecular complexity index is 1150. The molecule has 0 N–H and O–H groups in total. The molecule has 0 bridgehead atoms. The number of halogens is 2. The fourth-order valence-electron chi connectivity index (χ4n) is 3.02. The average molecular weight is 477 g/mol. The normalized spacial score (nSPS) is 11.2. The lowest BCUT2D eigenvalue weighted by atomic mass is 10.1. The molecule has 0 unspecified atom stereocenters. The molecule has 0 saturated carbocycles. The van der Waals surface area contributed by atoms with Gasteiger partial charge in [0, 0.05) is 23.6 Å². The van der Waals surface area contributed by atoms with Gasteiger partial charge in [0.15, 0.2) is 0 Å². The highest BCUT2D eigenvalue weighted by Gasteiger charge is 2.28. The molecular weight excluding hydrogens is 455 g/mol. The third-order valence-corrected chi connectivity index (χ3v) is 6.94. The molecule has 162 valence electrons. The van der Waals surface area contributed by atoms with Gasteiger partial charge in [-0.1, -0.05) is 71.2 Å². The number of carbonyl (C=O) groups excluding carboxylic acids is 1. The summed E-state index contributed by atoms with van der Waals surface area (Å²) < 4.78 is 27.8. The van der Waals surface area contributed by atoms with Crippen LogP contribution >= 0.6 is 23.2 Å². The Morgan fingerprint density at radius 1 is 0.903 bits per heavy atom. The van der Waals surface area contributed by atoms with Crippen molar-refractivity contribution in [3.63, 3.8) is 0 Å². The lowest BCUT2D eigenvalue weighted by Crippen LogP contribution is -2.41. The zero-order valence-electron chi connectivity index (χ0n) is 17.1. The number of rotatable bonds is 7. The van der Waals surface area contributed by atoms with Crippen LogP contribution < -0.4 is 4.31 Å². The fraction of sp³-hybridized carbons (Fsp3) is 0.174. The molecule has 0 heterocycles. The summed E-state index contributed by atoms with van der Waals surface area (Å²) in [6, 6.07) is 20.2. The molecule has 5 nitrogen and oxygen atoms in total. The molecule has 0 aromatic heterocycles. The van der Waals surface area contributed by atoms with Gasteiger partial charge in [-0.3, -0.25) is 9.10 Å². The quantitative estimate of drug-likeness (QED) is 0.473. The van der Waals surface area contributed by atoms with Gasteiger partial charge in [-0.05, 0) is 42.8 Å². The highest BCUT2D eigenvalue weighted by molar-refractivity contribution is 7.92. The van der Waals surface area contributed by atoms with Gasteiger partial charge < -0.3 is 4.90 Å². The van der Waals surface area contributed by atoms with E-state index < -0.39 is 16.6 Å². The predicted molar refractivity (Wildman–Crippen MR) is 125 cm³/mol. The molecule has 3 aromatic carbocycles. The molecule has 0 saturated heterocycles. The second-order valence-electron chi connectivity index (χ2n) is 7.19. The molecule has 3 rings (SSSR count). The van der Waals surface area contributed by atoms with Crippen molar-refractivity contribution in [1.29, 1.82) is 0 Å². The highest BCUT2D eigenvalue weighted by Crippen LogP contribution is 2.29. The Hall–Kier alpha value is -2.54. The van der Waals surface area contributed by atoms with Gasteiger partial charge in [-0.2, -0.15) is 0 Å². The van der Waals surface area contributed by atoms with E-state index in [9.17, 15) is 13.2 Å². The predicted octanol–water partition coefficient (Wildman–Crippen LogP) is 5.16. The number of amides is 1. The van der Waals surface area contributed by atoms with E-state index in [1.54, 1.807) is 25.2 Å². The zero-order chi connectivity index (χ0) is 22.6. The SMILES string of the molecule is Cc1ccc(CN(C)C(=O)CN(c2cc(Cl)cc(Cl)c2)S(=O)(=O)c2ccccc2)cc1. The van der Waals surface area contributed by atoms with Gasteiger partial charge in [0.25, 0.3) is 10.0 Å². The van der Waals surface area contributed by atoms with E-state index in [-0.39, 0.29) is 26.5 Å². The van der Waals surface area contributed by atoms with Gasteiger partial charge in [0.1, 0.15) is 6.54 Å². The summed E-state index contributed by atoms with van der Waals surface area (Å²) in [4.78, 5) is 14.6. The summed E-state index contributed by atoms with van der Waals surface area (Å²) in [6.07, 6.45) is 0. The molecular formula is C23H22Cl2N2O3S. The first-order valence-electron chi connectivity index (χ1n) is 9.50. The zero-order valence-corrected chi connectivity index (χ0v) is 19.5. The Labute approximate surface area is 192 Å². The fourth-order valence-corrected chi connectivity index (χ4v) is 4.95. The molecule has 31 heavy (non-hydrogen) atoms. The molecule has 1 amide bonds. The first-order chi connectivity index (χ1) is 14.7. The molecule has 0 aliphatic rings. The Morgan fingerprint density at radius 3 is 2.06 bits per heavy atom. The number of nitrogens with zero attached hydrogens (tertiary/aromatic N) is 2. The number of benzene rings is 3. The second kappa shape index (κ2) is 9.73. The number of sulfonamides is 1. The molecule has 0 atom stereocenters. The maximum atomic E-state index is 13.4. The van der Waals surface area contributed by atoms with Crippen molar-refractivity contribution in [3.8, 4) is 0 Å². The van der Waals surface area contributed by atoms with Crippen LogP contribution in [-0.2, 0) is 21.4 Å². The Balaban J connectivity index is 1.92. The minimum absolute atomic E-state index is 0.0695. The van der Waals surface area contributed by atoms with E-state index in [0.29, 0.717) is 6.54 Å². The van der Waals surface area contributed by atoms with Crippen molar-refractivity contribution in [2.24, 2.45) is 0 Å². The van der Waals surface area contributed by atoms with Crippen molar-refractivity contribution in [1.82, 2.24) is 4.90 Å². The van der Waals surface area contributed by atoms with Gasteiger partial charge in [-0.25, -0.2) is 8.42 Å².